The highest BCUT2D eigenvalue weighted by Gasteiger charge is 2.30. The number of carbonyl (C=O) groups is 1. The lowest BCUT2D eigenvalue weighted by Gasteiger charge is -2.09. The molecule has 0 bridgehead atoms. The topological polar surface area (TPSA) is 66.9 Å². The predicted molar refractivity (Wildman–Crippen MR) is 78.1 cm³/mol. The molecule has 0 spiro atoms. The lowest BCUT2D eigenvalue weighted by molar-refractivity contribution is -0.137. The van der Waals surface area contributed by atoms with Gasteiger partial charge in [0.1, 0.15) is 17.8 Å². The maximum atomic E-state index is 12.5. The molecule has 0 saturated heterocycles. The van der Waals surface area contributed by atoms with Gasteiger partial charge in [-0.1, -0.05) is 0 Å². The van der Waals surface area contributed by atoms with Gasteiger partial charge in [-0.15, -0.1) is 0 Å². The van der Waals surface area contributed by atoms with Crippen molar-refractivity contribution in [1.29, 1.82) is 0 Å². The molecule has 5 nitrogen and oxygen atoms in total. The minimum Gasteiger partial charge on any atom is -0.367 e. The van der Waals surface area contributed by atoms with Gasteiger partial charge in [0.2, 0.25) is 0 Å². The SMILES string of the molecule is O=C(Nc1ccc(C(F)(F)F)cc1)c1cc(NC2CC2)ncn1. The Morgan fingerprint density at radius 2 is 1.83 bits per heavy atom. The Bertz CT molecular complexity index is 711. The summed E-state index contributed by atoms with van der Waals surface area (Å²) < 4.78 is 37.5. The van der Waals surface area contributed by atoms with Crippen molar-refractivity contribution in [1.82, 2.24) is 9.97 Å². The number of hydrogen-bond donors (Lipinski definition) is 2. The number of halogens is 3. The molecule has 0 radical (unpaired) electrons. The van der Waals surface area contributed by atoms with E-state index in [2.05, 4.69) is 20.6 Å². The van der Waals surface area contributed by atoms with Crippen molar-refractivity contribution in [3.63, 3.8) is 0 Å². The van der Waals surface area contributed by atoms with E-state index in [-0.39, 0.29) is 11.4 Å². The van der Waals surface area contributed by atoms with Gasteiger partial charge in [-0.2, -0.15) is 13.2 Å². The van der Waals surface area contributed by atoms with E-state index in [9.17, 15) is 18.0 Å². The fraction of sp³-hybridized carbons (Fsp3) is 0.267. The van der Waals surface area contributed by atoms with Crippen molar-refractivity contribution in [2.24, 2.45) is 0 Å². The van der Waals surface area contributed by atoms with Gasteiger partial charge < -0.3 is 10.6 Å². The number of alkyl halides is 3. The van der Waals surface area contributed by atoms with Crippen LogP contribution in [0.1, 0.15) is 28.9 Å². The van der Waals surface area contributed by atoms with Crippen LogP contribution in [0, 0.1) is 0 Å². The van der Waals surface area contributed by atoms with E-state index >= 15 is 0 Å². The number of aromatic nitrogens is 2. The number of rotatable bonds is 4. The average Bonchev–Trinajstić information content (AvgIpc) is 3.31. The Labute approximate surface area is 130 Å². The van der Waals surface area contributed by atoms with Crippen molar-refractivity contribution in [2.75, 3.05) is 10.6 Å². The number of carbonyl (C=O) groups excluding carboxylic acids is 1. The third kappa shape index (κ3) is 3.97. The van der Waals surface area contributed by atoms with E-state index in [0.29, 0.717) is 11.9 Å². The van der Waals surface area contributed by atoms with Crippen LogP contribution in [-0.2, 0) is 6.18 Å². The number of amides is 1. The molecule has 120 valence electrons. The van der Waals surface area contributed by atoms with Crippen molar-refractivity contribution in [3.05, 3.63) is 47.9 Å². The molecule has 8 heteroatoms. The van der Waals surface area contributed by atoms with Gasteiger partial charge in [0.05, 0.1) is 5.56 Å². The smallest absolute Gasteiger partial charge is 0.367 e. The maximum absolute atomic E-state index is 12.5. The summed E-state index contributed by atoms with van der Waals surface area (Å²) in [5, 5.41) is 5.65. The summed E-state index contributed by atoms with van der Waals surface area (Å²) in [6, 6.07) is 6.12. The largest absolute Gasteiger partial charge is 0.416 e. The van der Waals surface area contributed by atoms with E-state index in [1.54, 1.807) is 0 Å². The van der Waals surface area contributed by atoms with E-state index in [1.165, 1.54) is 24.5 Å². The first kappa shape index (κ1) is 15.3. The molecule has 1 aromatic heterocycles. The molecular weight excluding hydrogens is 309 g/mol. The molecule has 1 aromatic carbocycles. The number of benzene rings is 1. The fourth-order valence-electron chi connectivity index (χ4n) is 1.93. The first-order valence-corrected chi connectivity index (χ1v) is 6.99. The molecule has 23 heavy (non-hydrogen) atoms. The number of nitrogens with zero attached hydrogens (tertiary/aromatic N) is 2. The van der Waals surface area contributed by atoms with Crippen LogP contribution in [0.5, 0.6) is 0 Å². The third-order valence-corrected chi connectivity index (χ3v) is 3.30. The molecule has 1 saturated carbocycles. The van der Waals surface area contributed by atoms with Crippen LogP contribution in [0.15, 0.2) is 36.7 Å². The zero-order chi connectivity index (χ0) is 16.4. The Balaban J connectivity index is 1.68. The van der Waals surface area contributed by atoms with Gasteiger partial charge in [0.25, 0.3) is 5.91 Å². The highest BCUT2D eigenvalue weighted by atomic mass is 19.4. The Morgan fingerprint density at radius 3 is 2.43 bits per heavy atom. The Kier molecular flexibility index (Phi) is 3.89. The second kappa shape index (κ2) is 5.86. The normalized spacial score (nSPS) is 14.4. The minimum atomic E-state index is -4.40. The highest BCUT2D eigenvalue weighted by Crippen LogP contribution is 2.30. The van der Waals surface area contributed by atoms with Gasteiger partial charge >= 0.3 is 6.18 Å². The molecule has 1 aliphatic carbocycles. The molecule has 0 aliphatic heterocycles. The average molecular weight is 322 g/mol. The molecule has 1 aliphatic rings. The Morgan fingerprint density at radius 1 is 1.13 bits per heavy atom. The maximum Gasteiger partial charge on any atom is 0.416 e. The van der Waals surface area contributed by atoms with E-state index in [1.807, 2.05) is 0 Å². The van der Waals surface area contributed by atoms with Crippen LogP contribution in [0.25, 0.3) is 0 Å². The second-order valence-corrected chi connectivity index (χ2v) is 5.24. The first-order valence-electron chi connectivity index (χ1n) is 6.99. The summed E-state index contributed by atoms with van der Waals surface area (Å²) in [5.74, 6) is 0.0473. The van der Waals surface area contributed by atoms with E-state index < -0.39 is 17.6 Å². The van der Waals surface area contributed by atoms with Gasteiger partial charge in [-0.25, -0.2) is 9.97 Å². The standard InChI is InChI=1S/C15H13F3N4O/c16-15(17,18)9-1-3-11(4-2-9)22-14(23)12-7-13(20-8-19-12)21-10-5-6-10/h1-4,7-8,10H,5-6H2,(H,22,23)(H,19,20,21). The van der Waals surface area contributed by atoms with Gasteiger partial charge in [0, 0.05) is 17.8 Å². The minimum absolute atomic E-state index is 0.142. The van der Waals surface area contributed by atoms with Crippen LogP contribution in [0.4, 0.5) is 24.7 Å². The molecule has 1 heterocycles. The van der Waals surface area contributed by atoms with Crippen molar-refractivity contribution in [2.45, 2.75) is 25.1 Å². The van der Waals surface area contributed by atoms with Crippen molar-refractivity contribution in [3.8, 4) is 0 Å². The second-order valence-electron chi connectivity index (χ2n) is 5.24. The van der Waals surface area contributed by atoms with Gasteiger partial charge in [-0.05, 0) is 37.1 Å². The van der Waals surface area contributed by atoms with E-state index in [0.717, 1.165) is 25.0 Å². The van der Waals surface area contributed by atoms with Crippen molar-refractivity contribution >= 4 is 17.4 Å². The number of nitrogens with one attached hydrogen (secondary N) is 2. The number of hydrogen-bond acceptors (Lipinski definition) is 4. The van der Waals surface area contributed by atoms with Crippen LogP contribution in [-0.4, -0.2) is 21.9 Å². The molecule has 1 fully saturated rings. The molecule has 1 amide bonds. The van der Waals surface area contributed by atoms with Gasteiger partial charge in [-0.3, -0.25) is 4.79 Å². The molecule has 2 aromatic rings. The monoisotopic (exact) mass is 322 g/mol. The van der Waals surface area contributed by atoms with Crippen LogP contribution in [0.3, 0.4) is 0 Å². The molecule has 3 rings (SSSR count). The lowest BCUT2D eigenvalue weighted by atomic mass is 10.2. The summed E-state index contributed by atoms with van der Waals surface area (Å²) in [7, 11) is 0. The first-order chi connectivity index (χ1) is 10.9. The third-order valence-electron chi connectivity index (χ3n) is 3.30. The van der Waals surface area contributed by atoms with Crippen LogP contribution < -0.4 is 10.6 Å². The molecule has 0 atom stereocenters. The fourth-order valence-corrected chi connectivity index (χ4v) is 1.93. The summed E-state index contributed by atoms with van der Waals surface area (Å²) in [6.07, 6.45) is -1.00. The zero-order valence-corrected chi connectivity index (χ0v) is 11.9. The van der Waals surface area contributed by atoms with Gasteiger partial charge in [0.15, 0.2) is 0 Å². The van der Waals surface area contributed by atoms with Crippen LogP contribution in [0.2, 0.25) is 0 Å². The number of anilines is 2. The zero-order valence-electron chi connectivity index (χ0n) is 11.9. The van der Waals surface area contributed by atoms with Crippen LogP contribution >= 0.6 is 0 Å². The summed E-state index contributed by atoms with van der Waals surface area (Å²) in [6.45, 7) is 0. The predicted octanol–water partition coefficient (Wildman–Crippen LogP) is 3.32. The highest BCUT2D eigenvalue weighted by molar-refractivity contribution is 6.03. The van der Waals surface area contributed by atoms with Crippen molar-refractivity contribution < 1.29 is 18.0 Å². The lowest BCUT2D eigenvalue weighted by Crippen LogP contribution is -2.15. The quantitative estimate of drug-likeness (QED) is 0.906. The summed E-state index contributed by atoms with van der Waals surface area (Å²) >= 11 is 0. The molecule has 2 N–H and O–H groups in total. The molecule has 0 unspecified atom stereocenters. The summed E-state index contributed by atoms with van der Waals surface area (Å²) in [5.41, 5.74) is -0.366. The summed E-state index contributed by atoms with van der Waals surface area (Å²) in [4.78, 5) is 20.0. The van der Waals surface area contributed by atoms with E-state index in [4.69, 9.17) is 0 Å². The Hall–Kier alpha value is -2.64. The molecular formula is C15H13F3N4O.